The maximum atomic E-state index is 12.1. The first-order valence-electron chi connectivity index (χ1n) is 6.71. The highest BCUT2D eigenvalue weighted by atomic mass is 16.4. The van der Waals surface area contributed by atoms with E-state index in [9.17, 15) is 14.7 Å². The summed E-state index contributed by atoms with van der Waals surface area (Å²) in [5.41, 5.74) is 2.57. The molecule has 1 fully saturated rings. The second-order valence-corrected chi connectivity index (χ2v) is 5.28. The van der Waals surface area contributed by atoms with E-state index in [0.29, 0.717) is 0 Å². The van der Waals surface area contributed by atoms with Crippen molar-refractivity contribution in [2.75, 3.05) is 6.54 Å². The highest BCUT2D eigenvalue weighted by Gasteiger charge is 2.38. The Morgan fingerprint density at radius 2 is 2.05 bits per heavy atom. The summed E-state index contributed by atoms with van der Waals surface area (Å²) in [6, 6.07) is -0.965. The lowest BCUT2D eigenvalue weighted by molar-refractivity contribution is -0.146. The Hall–Kier alpha value is -2.15. The second-order valence-electron chi connectivity index (χ2n) is 5.28. The van der Waals surface area contributed by atoms with Crippen LogP contribution in [0.4, 0.5) is 0 Å². The van der Waals surface area contributed by atoms with Gasteiger partial charge in [-0.25, -0.2) is 4.79 Å². The Morgan fingerprint density at radius 3 is 2.57 bits per heavy atom. The molecule has 7 heteroatoms. The van der Waals surface area contributed by atoms with Crippen LogP contribution in [0.5, 0.6) is 0 Å². The number of aliphatic hydroxyl groups excluding tert-OH is 1. The molecule has 0 saturated carbocycles. The minimum atomic E-state index is -1.10. The van der Waals surface area contributed by atoms with E-state index in [1.165, 1.54) is 11.0 Å². The Labute approximate surface area is 122 Å². The van der Waals surface area contributed by atoms with Gasteiger partial charge in [-0.05, 0) is 19.9 Å². The molecule has 2 N–H and O–H groups in total. The maximum absolute atomic E-state index is 12.1. The lowest BCUT2D eigenvalue weighted by Gasteiger charge is -2.19. The second kappa shape index (κ2) is 5.69. The molecule has 7 nitrogen and oxygen atoms in total. The number of carbonyl (C=O) groups excluding carboxylic acids is 1. The molecule has 2 atom stereocenters. The fourth-order valence-electron chi connectivity index (χ4n) is 2.57. The molecule has 0 aromatic carbocycles. The van der Waals surface area contributed by atoms with E-state index in [2.05, 4.69) is 5.10 Å². The van der Waals surface area contributed by atoms with Crippen LogP contribution >= 0.6 is 0 Å². The fourth-order valence-corrected chi connectivity index (χ4v) is 2.57. The lowest BCUT2D eigenvalue weighted by atomic mass is 10.1. The highest BCUT2D eigenvalue weighted by Crippen LogP contribution is 2.20. The van der Waals surface area contributed by atoms with Gasteiger partial charge in [-0.15, -0.1) is 0 Å². The molecule has 1 aliphatic heterocycles. The van der Waals surface area contributed by atoms with Crippen molar-refractivity contribution in [3.8, 4) is 0 Å². The molecule has 0 radical (unpaired) electrons. The molecule has 2 heterocycles. The number of aliphatic carboxylic acids is 1. The predicted molar refractivity (Wildman–Crippen MR) is 75.5 cm³/mol. The van der Waals surface area contributed by atoms with Crippen molar-refractivity contribution in [3.05, 3.63) is 23.0 Å². The topological polar surface area (TPSA) is 95.7 Å². The number of carbonyl (C=O) groups is 2. The quantitative estimate of drug-likeness (QED) is 0.770. The van der Waals surface area contributed by atoms with Gasteiger partial charge < -0.3 is 15.1 Å². The number of nitrogens with zero attached hydrogens (tertiary/aromatic N) is 3. The van der Waals surface area contributed by atoms with Crippen molar-refractivity contribution in [2.45, 2.75) is 32.4 Å². The smallest absolute Gasteiger partial charge is 0.326 e. The number of β-amino-alcohol motifs (C(OH)–C–C–N with tert-alkyl or cyclic N) is 1. The molecule has 1 amide bonds. The van der Waals surface area contributed by atoms with Crippen LogP contribution < -0.4 is 0 Å². The van der Waals surface area contributed by atoms with Crippen molar-refractivity contribution < 1.29 is 19.8 Å². The van der Waals surface area contributed by atoms with Crippen LogP contribution in [0, 0.1) is 13.8 Å². The molecule has 114 valence electrons. The SMILES string of the molecule is Cc1nn(C)c(C)c1C=CC(=O)N1C[C@@H](O)C[C@H]1C(=O)O. The molecule has 1 aromatic heterocycles. The van der Waals surface area contributed by atoms with Gasteiger partial charge in [-0.3, -0.25) is 9.48 Å². The van der Waals surface area contributed by atoms with Gasteiger partial charge in [0.2, 0.25) is 5.91 Å². The summed E-state index contributed by atoms with van der Waals surface area (Å²) in [5.74, 6) is -1.51. The van der Waals surface area contributed by atoms with Crippen LogP contribution in [0.15, 0.2) is 6.08 Å². The van der Waals surface area contributed by atoms with E-state index >= 15 is 0 Å². The van der Waals surface area contributed by atoms with E-state index < -0.39 is 24.0 Å². The Kier molecular flexibility index (Phi) is 4.13. The molecule has 0 aliphatic carbocycles. The van der Waals surface area contributed by atoms with Crippen molar-refractivity contribution >= 4 is 18.0 Å². The Morgan fingerprint density at radius 1 is 1.38 bits per heavy atom. The third kappa shape index (κ3) is 2.97. The maximum Gasteiger partial charge on any atom is 0.326 e. The standard InChI is InChI=1S/C14H19N3O4/c1-8-11(9(2)16(3)15-8)4-5-13(19)17-7-10(18)6-12(17)14(20)21/h4-5,10,12,18H,6-7H2,1-3H3,(H,20,21)/t10-,12-/m0/s1. The first-order chi connectivity index (χ1) is 9.81. The van der Waals surface area contributed by atoms with Gasteiger partial charge in [0.1, 0.15) is 6.04 Å². The zero-order valence-corrected chi connectivity index (χ0v) is 12.3. The largest absolute Gasteiger partial charge is 0.480 e. The zero-order valence-electron chi connectivity index (χ0n) is 12.3. The summed E-state index contributed by atoms with van der Waals surface area (Å²) in [6.07, 6.45) is 2.26. The number of carboxylic acid groups (broad SMARTS) is 1. The van der Waals surface area contributed by atoms with E-state index in [1.54, 1.807) is 10.8 Å². The van der Waals surface area contributed by atoms with E-state index in [4.69, 9.17) is 5.11 Å². The van der Waals surface area contributed by atoms with Gasteiger partial charge >= 0.3 is 5.97 Å². The molecule has 0 unspecified atom stereocenters. The summed E-state index contributed by atoms with van der Waals surface area (Å²) >= 11 is 0. The number of aryl methyl sites for hydroxylation is 2. The number of aliphatic hydroxyl groups is 1. The van der Waals surface area contributed by atoms with Gasteiger partial charge in [0.15, 0.2) is 0 Å². The van der Waals surface area contributed by atoms with Gasteiger partial charge in [-0.1, -0.05) is 0 Å². The molecule has 1 saturated heterocycles. The Balaban J connectivity index is 2.17. The normalized spacial score (nSPS) is 22.2. The first-order valence-corrected chi connectivity index (χ1v) is 6.71. The van der Waals surface area contributed by atoms with Crippen molar-refractivity contribution in [1.29, 1.82) is 0 Å². The van der Waals surface area contributed by atoms with Gasteiger partial charge in [0.05, 0.1) is 11.8 Å². The number of carboxylic acids is 1. The summed E-state index contributed by atoms with van der Waals surface area (Å²) in [4.78, 5) is 24.4. The summed E-state index contributed by atoms with van der Waals surface area (Å²) in [5, 5.41) is 22.9. The third-order valence-corrected chi connectivity index (χ3v) is 3.80. The average molecular weight is 293 g/mol. The molecule has 0 spiro atoms. The monoisotopic (exact) mass is 293 g/mol. The summed E-state index contributed by atoms with van der Waals surface area (Å²) in [7, 11) is 1.82. The molecule has 1 aliphatic rings. The molecule has 0 bridgehead atoms. The van der Waals surface area contributed by atoms with Crippen LogP contribution in [0.1, 0.15) is 23.4 Å². The number of rotatable bonds is 3. The van der Waals surface area contributed by atoms with Gasteiger partial charge in [0.25, 0.3) is 0 Å². The molecule has 1 aromatic rings. The van der Waals surface area contributed by atoms with Gasteiger partial charge in [-0.2, -0.15) is 5.10 Å². The summed E-state index contributed by atoms with van der Waals surface area (Å²) < 4.78 is 1.72. The minimum absolute atomic E-state index is 0.0468. The minimum Gasteiger partial charge on any atom is -0.480 e. The molecular weight excluding hydrogens is 274 g/mol. The average Bonchev–Trinajstić information content (AvgIpc) is 2.90. The number of hydrogen-bond acceptors (Lipinski definition) is 4. The van der Waals surface area contributed by atoms with Crippen LogP contribution in [-0.2, 0) is 16.6 Å². The lowest BCUT2D eigenvalue weighted by Crippen LogP contribution is -2.39. The van der Waals surface area contributed by atoms with Crippen molar-refractivity contribution in [1.82, 2.24) is 14.7 Å². The highest BCUT2D eigenvalue weighted by molar-refractivity contribution is 5.95. The zero-order chi connectivity index (χ0) is 15.7. The van der Waals surface area contributed by atoms with Crippen LogP contribution in [-0.4, -0.2) is 55.5 Å². The number of likely N-dealkylation sites (tertiary alicyclic amines) is 1. The van der Waals surface area contributed by atoms with Crippen molar-refractivity contribution in [2.24, 2.45) is 7.05 Å². The van der Waals surface area contributed by atoms with Crippen molar-refractivity contribution in [3.63, 3.8) is 0 Å². The number of hydrogen-bond donors (Lipinski definition) is 2. The number of aromatic nitrogens is 2. The van der Waals surface area contributed by atoms with Crippen LogP contribution in [0.2, 0.25) is 0 Å². The van der Waals surface area contributed by atoms with Crippen LogP contribution in [0.25, 0.3) is 6.08 Å². The third-order valence-electron chi connectivity index (χ3n) is 3.80. The van der Waals surface area contributed by atoms with E-state index in [0.717, 1.165) is 17.0 Å². The van der Waals surface area contributed by atoms with Gasteiger partial charge in [0, 0.05) is 37.3 Å². The Bertz CT molecular complexity index is 606. The van der Waals surface area contributed by atoms with E-state index in [-0.39, 0.29) is 13.0 Å². The number of amides is 1. The molecule has 21 heavy (non-hydrogen) atoms. The molecule has 2 rings (SSSR count). The molecular formula is C14H19N3O4. The first kappa shape index (κ1) is 15.2. The predicted octanol–water partition coefficient (Wildman–Crippen LogP) is 0.0965. The van der Waals surface area contributed by atoms with E-state index in [1.807, 2.05) is 20.9 Å². The fraction of sp³-hybridized carbons (Fsp3) is 0.500. The summed E-state index contributed by atoms with van der Waals surface area (Å²) in [6.45, 7) is 3.78. The van der Waals surface area contributed by atoms with Crippen LogP contribution in [0.3, 0.4) is 0 Å².